The highest BCUT2D eigenvalue weighted by Crippen LogP contribution is 2.41. The molecule has 0 aromatic heterocycles. The number of hydrogen-bond donors (Lipinski definition) is 0. The molecule has 1 atom stereocenters. The lowest BCUT2D eigenvalue weighted by molar-refractivity contribution is 0.329. The van der Waals surface area contributed by atoms with Crippen LogP contribution in [0.3, 0.4) is 0 Å². The SMILES string of the molecule is CC1=C(F)C(F)[C](Cl)C(F)=C1F. The zero-order chi connectivity index (χ0) is 9.46. The quantitative estimate of drug-likeness (QED) is 0.524. The van der Waals surface area contributed by atoms with Gasteiger partial charge in [-0.25, -0.2) is 17.6 Å². The van der Waals surface area contributed by atoms with Gasteiger partial charge in [0.1, 0.15) is 5.83 Å². The van der Waals surface area contributed by atoms with Crippen LogP contribution in [0.15, 0.2) is 23.1 Å². The highest BCUT2D eigenvalue weighted by atomic mass is 35.5. The van der Waals surface area contributed by atoms with Gasteiger partial charge in [0, 0.05) is 5.57 Å². The summed E-state index contributed by atoms with van der Waals surface area (Å²) in [5.41, 5.74) is -0.676. The largest absolute Gasteiger partial charge is 0.237 e. The maximum Gasteiger partial charge on any atom is 0.180 e. The lowest BCUT2D eigenvalue weighted by Crippen LogP contribution is -2.16. The Morgan fingerprint density at radius 3 is 2.17 bits per heavy atom. The Morgan fingerprint density at radius 2 is 1.67 bits per heavy atom. The third-order valence-electron chi connectivity index (χ3n) is 1.53. The highest BCUT2D eigenvalue weighted by Gasteiger charge is 2.37. The number of alkyl halides is 1. The van der Waals surface area contributed by atoms with Gasteiger partial charge in [0.05, 0.1) is 0 Å². The van der Waals surface area contributed by atoms with Crippen molar-refractivity contribution in [1.82, 2.24) is 0 Å². The van der Waals surface area contributed by atoms with Crippen molar-refractivity contribution in [3.8, 4) is 0 Å². The fourth-order valence-electron chi connectivity index (χ4n) is 0.787. The first kappa shape index (κ1) is 9.58. The van der Waals surface area contributed by atoms with Gasteiger partial charge in [-0.15, -0.1) is 11.6 Å². The van der Waals surface area contributed by atoms with E-state index < -0.39 is 34.6 Å². The topological polar surface area (TPSA) is 0 Å². The van der Waals surface area contributed by atoms with E-state index in [0.29, 0.717) is 0 Å². The van der Waals surface area contributed by atoms with Crippen molar-refractivity contribution in [2.24, 2.45) is 0 Å². The van der Waals surface area contributed by atoms with Gasteiger partial charge in [-0.05, 0) is 6.92 Å². The monoisotopic (exact) mass is 199 g/mol. The molecular weight excluding hydrogens is 196 g/mol. The molecule has 1 aliphatic carbocycles. The van der Waals surface area contributed by atoms with Crippen molar-refractivity contribution in [1.29, 1.82) is 0 Å². The summed E-state index contributed by atoms with van der Waals surface area (Å²) >= 11 is 4.97. The summed E-state index contributed by atoms with van der Waals surface area (Å²) in [7, 11) is 0. The third kappa shape index (κ3) is 1.24. The van der Waals surface area contributed by atoms with E-state index in [1.807, 2.05) is 0 Å². The first-order valence-electron chi connectivity index (χ1n) is 3.05. The summed E-state index contributed by atoms with van der Waals surface area (Å²) < 4.78 is 50.3. The molecule has 1 radical (unpaired) electrons. The van der Waals surface area contributed by atoms with Crippen LogP contribution in [0.4, 0.5) is 17.6 Å². The molecule has 0 fully saturated rings. The molecule has 0 saturated heterocycles. The number of rotatable bonds is 0. The Hall–Kier alpha value is -0.510. The van der Waals surface area contributed by atoms with Crippen LogP contribution in [0, 0.1) is 5.38 Å². The van der Waals surface area contributed by atoms with E-state index in [1.54, 1.807) is 0 Å². The Bertz CT molecular complexity index is 241. The van der Waals surface area contributed by atoms with Crippen molar-refractivity contribution in [2.45, 2.75) is 13.1 Å². The molecule has 0 heterocycles. The van der Waals surface area contributed by atoms with Gasteiger partial charge >= 0.3 is 0 Å². The molecule has 0 aromatic carbocycles. The third-order valence-corrected chi connectivity index (χ3v) is 1.89. The fraction of sp³-hybridized carbons (Fsp3) is 0.286. The van der Waals surface area contributed by atoms with E-state index in [1.165, 1.54) is 0 Å². The average Bonchev–Trinajstić information content (AvgIpc) is 2.08. The summed E-state index contributed by atoms with van der Waals surface area (Å²) in [5.74, 6) is -4.34. The summed E-state index contributed by atoms with van der Waals surface area (Å²) in [6, 6.07) is 0. The van der Waals surface area contributed by atoms with Crippen molar-refractivity contribution in [2.75, 3.05) is 0 Å². The Morgan fingerprint density at radius 1 is 1.17 bits per heavy atom. The van der Waals surface area contributed by atoms with Crippen molar-refractivity contribution >= 4 is 11.6 Å². The zero-order valence-electron chi connectivity index (χ0n) is 5.97. The Labute approximate surface area is 71.5 Å². The maximum absolute atomic E-state index is 12.6. The van der Waals surface area contributed by atoms with Gasteiger partial charge in [-0.3, -0.25) is 0 Å². The summed E-state index contributed by atoms with van der Waals surface area (Å²) in [4.78, 5) is 0. The summed E-state index contributed by atoms with van der Waals surface area (Å²) in [6.07, 6.45) is -2.37. The second-order valence-electron chi connectivity index (χ2n) is 2.31. The normalized spacial score (nSPS) is 27.0. The molecule has 67 valence electrons. The number of hydrogen-bond acceptors (Lipinski definition) is 0. The molecule has 0 N–H and O–H groups in total. The lowest BCUT2D eigenvalue weighted by atomic mass is 10.0. The fourth-order valence-corrected chi connectivity index (χ4v) is 0.966. The van der Waals surface area contributed by atoms with Crippen LogP contribution < -0.4 is 0 Å². The standard InChI is InChI=1S/C7H4ClF4/c1-2-4(9)6(11)3(8)7(12)5(2)10/h6H,1H3. The second kappa shape index (κ2) is 3.09. The molecule has 0 amide bonds. The van der Waals surface area contributed by atoms with Crippen molar-refractivity contribution < 1.29 is 17.6 Å². The van der Waals surface area contributed by atoms with E-state index in [9.17, 15) is 17.6 Å². The van der Waals surface area contributed by atoms with E-state index in [-0.39, 0.29) is 0 Å². The van der Waals surface area contributed by atoms with Gasteiger partial charge in [0.15, 0.2) is 23.2 Å². The van der Waals surface area contributed by atoms with E-state index in [4.69, 9.17) is 11.6 Å². The second-order valence-corrected chi connectivity index (χ2v) is 2.72. The van der Waals surface area contributed by atoms with Crippen molar-refractivity contribution in [3.63, 3.8) is 0 Å². The zero-order valence-corrected chi connectivity index (χ0v) is 6.72. The Kier molecular flexibility index (Phi) is 2.46. The number of allylic oxidation sites excluding steroid dienone is 4. The highest BCUT2D eigenvalue weighted by molar-refractivity contribution is 6.29. The summed E-state index contributed by atoms with van der Waals surface area (Å²) in [6.45, 7) is 0.945. The molecule has 0 aromatic rings. The van der Waals surface area contributed by atoms with Crippen LogP contribution in [0.2, 0.25) is 0 Å². The summed E-state index contributed by atoms with van der Waals surface area (Å²) in [5, 5.41) is -1.07. The molecule has 1 aliphatic rings. The smallest absolute Gasteiger partial charge is 0.180 e. The van der Waals surface area contributed by atoms with E-state index in [2.05, 4.69) is 0 Å². The van der Waals surface area contributed by atoms with Crippen LogP contribution in [0.1, 0.15) is 6.92 Å². The average molecular weight is 200 g/mol. The van der Waals surface area contributed by atoms with E-state index in [0.717, 1.165) is 6.92 Å². The van der Waals surface area contributed by atoms with Crippen LogP contribution in [-0.4, -0.2) is 6.17 Å². The predicted molar refractivity (Wildman–Crippen MR) is 37.0 cm³/mol. The minimum absolute atomic E-state index is 0.676. The lowest BCUT2D eigenvalue weighted by Gasteiger charge is -2.17. The molecule has 1 rings (SSSR count). The molecule has 0 bridgehead atoms. The van der Waals surface area contributed by atoms with Gasteiger partial charge in [-0.1, -0.05) is 0 Å². The minimum atomic E-state index is -2.37. The molecule has 0 aliphatic heterocycles. The van der Waals surface area contributed by atoms with Crippen LogP contribution in [0.25, 0.3) is 0 Å². The van der Waals surface area contributed by atoms with Crippen LogP contribution in [-0.2, 0) is 0 Å². The minimum Gasteiger partial charge on any atom is -0.237 e. The molecule has 0 spiro atoms. The molecule has 5 heteroatoms. The van der Waals surface area contributed by atoms with Gasteiger partial charge in [-0.2, -0.15) is 0 Å². The predicted octanol–water partition coefficient (Wildman–Crippen LogP) is 3.50. The van der Waals surface area contributed by atoms with Crippen molar-refractivity contribution in [3.05, 3.63) is 28.4 Å². The van der Waals surface area contributed by atoms with E-state index >= 15 is 0 Å². The number of halogens is 5. The maximum atomic E-state index is 12.6. The molecule has 12 heavy (non-hydrogen) atoms. The molecular formula is C7H4ClF4. The van der Waals surface area contributed by atoms with Crippen LogP contribution >= 0.6 is 11.6 Å². The van der Waals surface area contributed by atoms with Crippen LogP contribution in [0.5, 0.6) is 0 Å². The van der Waals surface area contributed by atoms with Gasteiger partial charge < -0.3 is 0 Å². The van der Waals surface area contributed by atoms with Gasteiger partial charge in [0.2, 0.25) is 0 Å². The Balaban J connectivity index is 3.18. The molecule has 0 saturated carbocycles. The first-order valence-corrected chi connectivity index (χ1v) is 3.43. The molecule has 1 unspecified atom stereocenters. The first-order chi connectivity index (χ1) is 5.46. The van der Waals surface area contributed by atoms with Gasteiger partial charge in [0.25, 0.3) is 0 Å². The molecule has 0 nitrogen and oxygen atoms in total.